The molecule has 6 nitrogen and oxygen atoms in total. The number of hydrogen-bond donors (Lipinski definition) is 2. The van der Waals surface area contributed by atoms with Crippen LogP contribution < -0.4 is 10.6 Å². The fourth-order valence-corrected chi connectivity index (χ4v) is 2.93. The lowest BCUT2D eigenvalue weighted by molar-refractivity contribution is -0.145. The minimum absolute atomic E-state index is 0.216. The monoisotopic (exact) mass is 362 g/mol. The lowest BCUT2D eigenvalue weighted by atomic mass is 9.96. The molecule has 0 aliphatic carbocycles. The van der Waals surface area contributed by atoms with Crippen molar-refractivity contribution >= 4 is 17.8 Å². The van der Waals surface area contributed by atoms with E-state index in [0.717, 1.165) is 16.7 Å². The Morgan fingerprint density at radius 3 is 2.08 bits per heavy atom. The third kappa shape index (κ3) is 6.50. The number of benzene rings is 1. The van der Waals surface area contributed by atoms with Crippen LogP contribution in [-0.2, 0) is 25.5 Å². The van der Waals surface area contributed by atoms with Crippen molar-refractivity contribution in [3.8, 4) is 0 Å². The first-order valence-electron chi connectivity index (χ1n) is 8.86. The van der Waals surface area contributed by atoms with Crippen molar-refractivity contribution in [2.75, 3.05) is 7.11 Å². The molecule has 0 fully saturated rings. The van der Waals surface area contributed by atoms with E-state index in [1.54, 1.807) is 0 Å². The van der Waals surface area contributed by atoms with E-state index in [9.17, 15) is 14.4 Å². The minimum Gasteiger partial charge on any atom is -0.467 e. The summed E-state index contributed by atoms with van der Waals surface area (Å²) in [5, 5.41) is 5.41. The molecule has 1 aromatic carbocycles. The van der Waals surface area contributed by atoms with Crippen LogP contribution in [0.25, 0.3) is 0 Å². The zero-order valence-electron chi connectivity index (χ0n) is 16.5. The Morgan fingerprint density at radius 1 is 1.04 bits per heavy atom. The molecule has 1 aromatic rings. The van der Waals surface area contributed by atoms with Gasteiger partial charge in [0, 0.05) is 13.3 Å². The standard InChI is InChI=1S/C20H30N2O4/c1-12(2)10-17(21-15(5)23)19(24)22-18(20(25)26-6)11-16-13(3)8-7-9-14(16)4/h7-9,12,17-18H,10-11H2,1-6H3,(H,21,23)(H,22,24)/t17-,18+/m0/s1. The zero-order chi connectivity index (χ0) is 19.9. The summed E-state index contributed by atoms with van der Waals surface area (Å²) in [7, 11) is 1.30. The number of esters is 1. The highest BCUT2D eigenvalue weighted by Gasteiger charge is 2.28. The summed E-state index contributed by atoms with van der Waals surface area (Å²) in [6.07, 6.45) is 0.827. The average Bonchev–Trinajstić information content (AvgIpc) is 2.54. The number of carbonyl (C=O) groups excluding carboxylic acids is 3. The van der Waals surface area contributed by atoms with Gasteiger partial charge in [-0.1, -0.05) is 32.0 Å². The fourth-order valence-electron chi connectivity index (χ4n) is 2.93. The Hall–Kier alpha value is -2.37. The van der Waals surface area contributed by atoms with Gasteiger partial charge in [-0.2, -0.15) is 0 Å². The Balaban J connectivity index is 3.00. The predicted octanol–water partition coefficient (Wildman–Crippen LogP) is 2.05. The lowest BCUT2D eigenvalue weighted by Crippen LogP contribution is -2.52. The SMILES string of the molecule is COC(=O)[C@@H](Cc1c(C)cccc1C)NC(=O)[C@H](CC(C)C)NC(C)=O. The molecule has 0 bridgehead atoms. The van der Waals surface area contributed by atoms with Crippen LogP contribution >= 0.6 is 0 Å². The molecule has 0 radical (unpaired) electrons. The number of ether oxygens (including phenoxy) is 1. The topological polar surface area (TPSA) is 84.5 Å². The van der Waals surface area contributed by atoms with Crippen molar-refractivity contribution in [2.45, 2.75) is 59.5 Å². The Bertz CT molecular complexity index is 635. The summed E-state index contributed by atoms with van der Waals surface area (Å²) in [5.74, 6) is -0.953. The molecular weight excluding hydrogens is 332 g/mol. The first-order chi connectivity index (χ1) is 12.1. The highest BCUT2D eigenvalue weighted by molar-refractivity contribution is 5.90. The molecule has 0 unspecified atom stereocenters. The largest absolute Gasteiger partial charge is 0.467 e. The second kappa shape index (κ2) is 9.94. The van der Waals surface area contributed by atoms with Crippen LogP contribution in [0.4, 0.5) is 0 Å². The van der Waals surface area contributed by atoms with E-state index >= 15 is 0 Å². The first-order valence-corrected chi connectivity index (χ1v) is 8.86. The molecule has 2 atom stereocenters. The third-order valence-electron chi connectivity index (χ3n) is 4.26. The molecule has 0 heterocycles. The van der Waals surface area contributed by atoms with Crippen LogP contribution in [0.1, 0.15) is 43.9 Å². The van der Waals surface area contributed by atoms with Gasteiger partial charge < -0.3 is 15.4 Å². The molecule has 0 saturated carbocycles. The number of aryl methyl sites for hydroxylation is 2. The van der Waals surface area contributed by atoms with Crippen molar-refractivity contribution in [1.82, 2.24) is 10.6 Å². The van der Waals surface area contributed by atoms with Gasteiger partial charge in [0.1, 0.15) is 12.1 Å². The number of hydrogen-bond acceptors (Lipinski definition) is 4. The maximum absolute atomic E-state index is 12.7. The van der Waals surface area contributed by atoms with Gasteiger partial charge >= 0.3 is 5.97 Å². The minimum atomic E-state index is -0.810. The van der Waals surface area contributed by atoms with E-state index in [1.807, 2.05) is 45.9 Å². The Morgan fingerprint density at radius 2 is 1.62 bits per heavy atom. The van der Waals surface area contributed by atoms with Crippen molar-refractivity contribution in [3.05, 3.63) is 34.9 Å². The van der Waals surface area contributed by atoms with Crippen molar-refractivity contribution in [2.24, 2.45) is 5.92 Å². The van der Waals surface area contributed by atoms with E-state index in [1.165, 1.54) is 14.0 Å². The van der Waals surface area contributed by atoms with Crippen molar-refractivity contribution in [3.63, 3.8) is 0 Å². The quantitative estimate of drug-likeness (QED) is 0.693. The number of rotatable bonds is 8. The summed E-state index contributed by atoms with van der Waals surface area (Å²) in [6, 6.07) is 4.40. The molecule has 1 rings (SSSR count). The number of nitrogens with one attached hydrogen (secondary N) is 2. The van der Waals surface area contributed by atoms with E-state index in [-0.39, 0.29) is 17.7 Å². The Kier molecular flexibility index (Phi) is 8.29. The van der Waals surface area contributed by atoms with Gasteiger partial charge in [0.15, 0.2) is 0 Å². The van der Waals surface area contributed by atoms with Crippen LogP contribution in [0.5, 0.6) is 0 Å². The van der Waals surface area contributed by atoms with E-state index in [0.29, 0.717) is 12.8 Å². The van der Waals surface area contributed by atoms with Crippen LogP contribution in [0.2, 0.25) is 0 Å². The second-order valence-electron chi connectivity index (χ2n) is 7.04. The smallest absolute Gasteiger partial charge is 0.328 e. The van der Waals surface area contributed by atoms with E-state index in [2.05, 4.69) is 10.6 Å². The number of amides is 2. The summed E-state index contributed by atoms with van der Waals surface area (Å²) < 4.78 is 4.87. The third-order valence-corrected chi connectivity index (χ3v) is 4.26. The van der Waals surface area contributed by atoms with Gasteiger partial charge in [0.05, 0.1) is 7.11 Å². The number of carbonyl (C=O) groups is 3. The zero-order valence-corrected chi connectivity index (χ0v) is 16.5. The second-order valence-corrected chi connectivity index (χ2v) is 7.04. The van der Waals surface area contributed by atoms with Gasteiger partial charge in [0.25, 0.3) is 0 Å². The highest BCUT2D eigenvalue weighted by atomic mass is 16.5. The van der Waals surface area contributed by atoms with Gasteiger partial charge in [-0.15, -0.1) is 0 Å². The van der Waals surface area contributed by atoms with E-state index < -0.39 is 18.1 Å². The maximum atomic E-state index is 12.7. The number of methoxy groups -OCH3 is 1. The molecule has 0 aromatic heterocycles. The molecule has 0 spiro atoms. The average molecular weight is 362 g/mol. The summed E-state index contributed by atoms with van der Waals surface area (Å²) in [6.45, 7) is 9.25. The van der Waals surface area contributed by atoms with Gasteiger partial charge in [-0.25, -0.2) is 4.79 Å². The van der Waals surface area contributed by atoms with E-state index in [4.69, 9.17) is 4.74 Å². The van der Waals surface area contributed by atoms with Gasteiger partial charge in [-0.3, -0.25) is 9.59 Å². The van der Waals surface area contributed by atoms with Crippen LogP contribution in [0.3, 0.4) is 0 Å². The lowest BCUT2D eigenvalue weighted by Gasteiger charge is -2.24. The van der Waals surface area contributed by atoms with Gasteiger partial charge in [0.2, 0.25) is 11.8 Å². The van der Waals surface area contributed by atoms with Crippen LogP contribution in [0.15, 0.2) is 18.2 Å². The molecule has 0 aliphatic rings. The fraction of sp³-hybridized carbons (Fsp3) is 0.550. The summed E-state index contributed by atoms with van der Waals surface area (Å²) in [5.41, 5.74) is 3.10. The van der Waals surface area contributed by atoms with Crippen LogP contribution in [0, 0.1) is 19.8 Å². The molecule has 0 saturated heterocycles. The molecule has 0 aliphatic heterocycles. The molecule has 2 N–H and O–H groups in total. The maximum Gasteiger partial charge on any atom is 0.328 e. The highest BCUT2D eigenvalue weighted by Crippen LogP contribution is 2.16. The Labute approximate surface area is 155 Å². The van der Waals surface area contributed by atoms with Crippen molar-refractivity contribution < 1.29 is 19.1 Å². The summed E-state index contributed by atoms with van der Waals surface area (Å²) >= 11 is 0. The summed E-state index contributed by atoms with van der Waals surface area (Å²) in [4.78, 5) is 36.3. The van der Waals surface area contributed by atoms with Crippen LogP contribution in [-0.4, -0.2) is 37.0 Å². The normalized spacial score (nSPS) is 13.0. The van der Waals surface area contributed by atoms with Crippen molar-refractivity contribution in [1.29, 1.82) is 0 Å². The predicted molar refractivity (Wildman–Crippen MR) is 101 cm³/mol. The molecular formula is C20H30N2O4. The first kappa shape index (κ1) is 21.7. The molecule has 6 heteroatoms. The van der Waals surface area contributed by atoms with Gasteiger partial charge in [-0.05, 0) is 42.9 Å². The molecule has 2 amide bonds. The molecule has 26 heavy (non-hydrogen) atoms. The molecule has 144 valence electrons.